The van der Waals surface area contributed by atoms with E-state index in [1.165, 1.54) is 25.3 Å². The quantitative estimate of drug-likeness (QED) is 0.634. The van der Waals surface area contributed by atoms with Crippen LogP contribution in [0, 0.1) is 24.0 Å². The SMILES string of the molecule is CCN(C(=O)CNc1cc([N+](=O)[O-])c(C)cc1C)C1CCCCC1. The molecule has 1 aromatic carbocycles. The Labute approximate surface area is 143 Å². The number of amides is 1. The molecule has 132 valence electrons. The third-order valence-electron chi connectivity index (χ3n) is 4.85. The van der Waals surface area contributed by atoms with E-state index in [4.69, 9.17) is 0 Å². The maximum atomic E-state index is 12.6. The standard InChI is InChI=1S/C18H27N3O3/c1-4-20(15-8-6-5-7-9-15)18(22)12-19-16-11-17(21(23)24)14(3)10-13(16)2/h10-11,15,19H,4-9,12H2,1-3H3. The molecule has 1 saturated carbocycles. The van der Waals surface area contributed by atoms with E-state index in [2.05, 4.69) is 5.32 Å². The first-order chi connectivity index (χ1) is 11.4. The summed E-state index contributed by atoms with van der Waals surface area (Å²) < 4.78 is 0. The molecule has 6 heteroatoms. The number of benzene rings is 1. The fourth-order valence-electron chi connectivity index (χ4n) is 3.53. The highest BCUT2D eigenvalue weighted by atomic mass is 16.6. The Morgan fingerprint density at radius 2 is 1.92 bits per heavy atom. The van der Waals surface area contributed by atoms with Crippen LogP contribution in [0.5, 0.6) is 0 Å². The third kappa shape index (κ3) is 4.24. The summed E-state index contributed by atoms with van der Waals surface area (Å²) in [6.45, 7) is 6.50. The molecule has 1 aliphatic rings. The number of nitro benzene ring substituents is 1. The largest absolute Gasteiger partial charge is 0.376 e. The average Bonchev–Trinajstić information content (AvgIpc) is 2.55. The van der Waals surface area contributed by atoms with Crippen molar-refractivity contribution in [1.82, 2.24) is 4.90 Å². The molecular formula is C18H27N3O3. The van der Waals surface area contributed by atoms with Crippen molar-refractivity contribution in [2.24, 2.45) is 0 Å². The average molecular weight is 333 g/mol. The number of anilines is 1. The van der Waals surface area contributed by atoms with Crippen LogP contribution in [-0.2, 0) is 4.79 Å². The van der Waals surface area contributed by atoms with Gasteiger partial charge in [-0.3, -0.25) is 14.9 Å². The highest BCUT2D eigenvalue weighted by molar-refractivity contribution is 5.81. The monoisotopic (exact) mass is 333 g/mol. The number of carbonyl (C=O) groups excluding carboxylic acids is 1. The minimum atomic E-state index is -0.387. The van der Waals surface area contributed by atoms with Crippen LogP contribution in [0.4, 0.5) is 11.4 Å². The lowest BCUT2D eigenvalue weighted by Crippen LogP contribution is -2.44. The van der Waals surface area contributed by atoms with Gasteiger partial charge in [-0.1, -0.05) is 19.3 Å². The molecular weight excluding hydrogens is 306 g/mol. The Bertz CT molecular complexity index is 610. The van der Waals surface area contributed by atoms with Crippen molar-refractivity contribution in [3.63, 3.8) is 0 Å². The van der Waals surface area contributed by atoms with Crippen molar-refractivity contribution in [3.05, 3.63) is 33.4 Å². The maximum absolute atomic E-state index is 12.6. The van der Waals surface area contributed by atoms with Gasteiger partial charge in [0, 0.05) is 29.9 Å². The van der Waals surface area contributed by atoms with Crippen molar-refractivity contribution >= 4 is 17.3 Å². The number of nitro groups is 1. The van der Waals surface area contributed by atoms with Gasteiger partial charge < -0.3 is 10.2 Å². The Balaban J connectivity index is 2.04. The molecule has 1 aromatic rings. The topological polar surface area (TPSA) is 75.5 Å². The summed E-state index contributed by atoms with van der Waals surface area (Å²) in [5.41, 5.74) is 2.27. The zero-order valence-electron chi connectivity index (χ0n) is 14.8. The van der Waals surface area contributed by atoms with Crippen molar-refractivity contribution in [3.8, 4) is 0 Å². The van der Waals surface area contributed by atoms with E-state index >= 15 is 0 Å². The molecule has 0 saturated heterocycles. The van der Waals surface area contributed by atoms with Crippen LogP contribution in [-0.4, -0.2) is 34.9 Å². The summed E-state index contributed by atoms with van der Waals surface area (Å²) in [5.74, 6) is 0.0621. The van der Waals surface area contributed by atoms with Gasteiger partial charge in [0.05, 0.1) is 11.5 Å². The second kappa shape index (κ2) is 8.13. The minimum Gasteiger partial charge on any atom is -0.376 e. The minimum absolute atomic E-state index is 0.0621. The highest BCUT2D eigenvalue weighted by Crippen LogP contribution is 2.26. The Hall–Kier alpha value is -2.11. The van der Waals surface area contributed by atoms with Crippen LogP contribution in [0.25, 0.3) is 0 Å². The lowest BCUT2D eigenvalue weighted by molar-refractivity contribution is -0.385. The maximum Gasteiger partial charge on any atom is 0.274 e. The van der Waals surface area contributed by atoms with E-state index in [0.29, 0.717) is 23.8 Å². The van der Waals surface area contributed by atoms with Gasteiger partial charge in [-0.25, -0.2) is 0 Å². The summed E-state index contributed by atoms with van der Waals surface area (Å²) >= 11 is 0. The molecule has 0 atom stereocenters. The number of hydrogen-bond donors (Lipinski definition) is 1. The number of carbonyl (C=O) groups is 1. The molecule has 1 fully saturated rings. The summed E-state index contributed by atoms with van der Waals surface area (Å²) in [4.78, 5) is 25.2. The van der Waals surface area contributed by atoms with E-state index in [-0.39, 0.29) is 23.1 Å². The fraction of sp³-hybridized carbons (Fsp3) is 0.611. The van der Waals surface area contributed by atoms with Gasteiger partial charge in [-0.05, 0) is 45.2 Å². The number of rotatable bonds is 6. The predicted molar refractivity (Wildman–Crippen MR) is 95.3 cm³/mol. The van der Waals surface area contributed by atoms with E-state index in [1.54, 1.807) is 13.0 Å². The molecule has 0 unspecified atom stereocenters. The molecule has 0 aromatic heterocycles. The van der Waals surface area contributed by atoms with Gasteiger partial charge >= 0.3 is 0 Å². The lowest BCUT2D eigenvalue weighted by atomic mass is 9.94. The van der Waals surface area contributed by atoms with Gasteiger partial charge in [0.15, 0.2) is 0 Å². The van der Waals surface area contributed by atoms with E-state index in [9.17, 15) is 14.9 Å². The summed E-state index contributed by atoms with van der Waals surface area (Å²) in [5, 5.41) is 14.2. The Kier molecular flexibility index (Phi) is 6.17. The molecule has 1 N–H and O–H groups in total. The number of likely N-dealkylation sites (N-methyl/N-ethyl adjacent to an activating group) is 1. The molecule has 0 aliphatic heterocycles. The van der Waals surface area contributed by atoms with Gasteiger partial charge in [-0.2, -0.15) is 0 Å². The van der Waals surface area contributed by atoms with Gasteiger partial charge in [0.1, 0.15) is 0 Å². The summed E-state index contributed by atoms with van der Waals surface area (Å²) in [6.07, 6.45) is 5.78. The van der Waals surface area contributed by atoms with E-state index < -0.39 is 0 Å². The van der Waals surface area contributed by atoms with Crippen LogP contribution in [0.15, 0.2) is 12.1 Å². The molecule has 0 bridgehead atoms. The molecule has 0 heterocycles. The fourth-order valence-corrected chi connectivity index (χ4v) is 3.53. The molecule has 2 rings (SSSR count). The number of aryl methyl sites for hydroxylation is 2. The third-order valence-corrected chi connectivity index (χ3v) is 4.85. The second-order valence-electron chi connectivity index (χ2n) is 6.54. The van der Waals surface area contributed by atoms with Crippen LogP contribution >= 0.6 is 0 Å². The zero-order valence-corrected chi connectivity index (χ0v) is 14.8. The van der Waals surface area contributed by atoms with E-state index in [0.717, 1.165) is 18.4 Å². The second-order valence-corrected chi connectivity index (χ2v) is 6.54. The first-order valence-corrected chi connectivity index (χ1v) is 8.73. The van der Waals surface area contributed by atoms with Crippen LogP contribution in [0.3, 0.4) is 0 Å². The first-order valence-electron chi connectivity index (χ1n) is 8.73. The molecule has 1 amide bonds. The predicted octanol–water partition coefficient (Wildman–Crippen LogP) is 3.80. The van der Waals surface area contributed by atoms with Crippen molar-refractivity contribution in [2.45, 2.75) is 58.9 Å². The number of nitrogens with one attached hydrogen (secondary N) is 1. The van der Waals surface area contributed by atoms with E-state index in [1.807, 2.05) is 18.7 Å². The van der Waals surface area contributed by atoms with Crippen LogP contribution < -0.4 is 5.32 Å². The smallest absolute Gasteiger partial charge is 0.274 e. The van der Waals surface area contributed by atoms with Crippen molar-refractivity contribution in [2.75, 3.05) is 18.4 Å². The first kappa shape index (κ1) is 18.2. The van der Waals surface area contributed by atoms with Crippen molar-refractivity contribution < 1.29 is 9.72 Å². The number of nitrogens with zero attached hydrogens (tertiary/aromatic N) is 2. The highest BCUT2D eigenvalue weighted by Gasteiger charge is 2.24. The Morgan fingerprint density at radius 3 is 2.50 bits per heavy atom. The molecule has 1 aliphatic carbocycles. The Morgan fingerprint density at radius 1 is 1.25 bits per heavy atom. The molecule has 0 spiro atoms. The van der Waals surface area contributed by atoms with Crippen molar-refractivity contribution in [1.29, 1.82) is 0 Å². The van der Waals surface area contributed by atoms with Gasteiger partial charge in [0.2, 0.25) is 5.91 Å². The summed E-state index contributed by atoms with van der Waals surface area (Å²) in [6, 6.07) is 3.64. The number of hydrogen-bond acceptors (Lipinski definition) is 4. The zero-order chi connectivity index (χ0) is 17.7. The molecule has 0 radical (unpaired) electrons. The van der Waals surface area contributed by atoms with Crippen LogP contribution in [0.2, 0.25) is 0 Å². The lowest BCUT2D eigenvalue weighted by Gasteiger charge is -2.33. The summed E-state index contributed by atoms with van der Waals surface area (Å²) in [7, 11) is 0. The van der Waals surface area contributed by atoms with Gasteiger partial charge in [-0.15, -0.1) is 0 Å². The normalized spacial score (nSPS) is 15.1. The van der Waals surface area contributed by atoms with Gasteiger partial charge in [0.25, 0.3) is 5.69 Å². The molecule has 6 nitrogen and oxygen atoms in total. The van der Waals surface area contributed by atoms with Crippen LogP contribution in [0.1, 0.15) is 50.2 Å². The molecule has 24 heavy (non-hydrogen) atoms.